The van der Waals surface area contributed by atoms with Gasteiger partial charge in [0.25, 0.3) is 0 Å². The van der Waals surface area contributed by atoms with Crippen LogP contribution in [0.5, 0.6) is 0 Å². The van der Waals surface area contributed by atoms with Crippen molar-refractivity contribution in [2.45, 2.75) is 44.4 Å². The minimum atomic E-state index is -0.150. The van der Waals surface area contributed by atoms with Crippen LogP contribution in [0.25, 0.3) is 0 Å². The second-order valence-electron chi connectivity index (χ2n) is 6.08. The first kappa shape index (κ1) is 16.3. The molecular formula is C17H25BrN2O. The Morgan fingerprint density at radius 3 is 2.19 bits per heavy atom. The Hall–Kier alpha value is -1.03. The monoisotopic (exact) mass is 352 g/mol. The summed E-state index contributed by atoms with van der Waals surface area (Å²) in [6, 6.07) is 8.22. The molecular weight excluding hydrogens is 328 g/mol. The van der Waals surface area contributed by atoms with Gasteiger partial charge in [0.2, 0.25) is 5.91 Å². The number of carbonyl (C=O) groups excluding carboxylic acids is 1. The molecule has 0 aromatic heterocycles. The van der Waals surface area contributed by atoms with Crippen LogP contribution in [-0.2, 0) is 4.79 Å². The van der Waals surface area contributed by atoms with Crippen LogP contribution in [0, 0.1) is 5.92 Å². The molecule has 1 saturated heterocycles. The number of hydrogen-bond donors (Lipinski definition) is 1. The number of halogens is 1. The quantitative estimate of drug-likeness (QED) is 0.813. The average molecular weight is 353 g/mol. The number of nitrogens with one attached hydrogen (secondary N) is 1. The van der Waals surface area contributed by atoms with Gasteiger partial charge in [0.1, 0.15) is 0 Å². The molecule has 4 heteroatoms. The smallest absolute Gasteiger partial charge is 0.238 e. The Kier molecular flexibility index (Phi) is 6.09. The van der Waals surface area contributed by atoms with E-state index in [1.54, 1.807) is 0 Å². The lowest BCUT2D eigenvalue weighted by molar-refractivity contribution is -0.116. The molecule has 0 radical (unpaired) electrons. The van der Waals surface area contributed by atoms with Crippen molar-refractivity contribution >= 4 is 33.2 Å². The third-order valence-corrected chi connectivity index (χ3v) is 5.41. The fourth-order valence-corrected chi connectivity index (χ4v) is 2.71. The summed E-state index contributed by atoms with van der Waals surface area (Å²) >= 11 is 3.43. The molecule has 0 bridgehead atoms. The first-order chi connectivity index (χ1) is 10.1. The Bertz CT molecular complexity index is 450. The predicted molar refractivity (Wildman–Crippen MR) is 93.3 cm³/mol. The van der Waals surface area contributed by atoms with Crippen LogP contribution in [0.3, 0.4) is 0 Å². The minimum absolute atomic E-state index is 0.0209. The number of alkyl halides is 1. The summed E-state index contributed by atoms with van der Waals surface area (Å²) in [4.78, 5) is 14.3. The van der Waals surface area contributed by atoms with Gasteiger partial charge in [0.15, 0.2) is 0 Å². The molecule has 1 atom stereocenters. The highest BCUT2D eigenvalue weighted by molar-refractivity contribution is 9.10. The molecule has 1 heterocycles. The highest BCUT2D eigenvalue weighted by atomic mass is 79.9. The zero-order chi connectivity index (χ0) is 15.2. The predicted octanol–water partition coefficient (Wildman–Crippen LogP) is 4.43. The lowest BCUT2D eigenvalue weighted by Gasteiger charge is -2.23. The number of amides is 1. The Morgan fingerprint density at radius 2 is 1.67 bits per heavy atom. The van der Waals surface area contributed by atoms with Crippen molar-refractivity contribution in [1.29, 1.82) is 0 Å². The fraction of sp³-hybridized carbons (Fsp3) is 0.588. The van der Waals surface area contributed by atoms with Crippen LogP contribution < -0.4 is 10.2 Å². The normalized spacial score (nSPS) is 17.4. The number of hydrogen-bond acceptors (Lipinski definition) is 2. The summed E-state index contributed by atoms with van der Waals surface area (Å²) in [6.07, 6.45) is 5.23. The molecule has 0 saturated carbocycles. The molecule has 2 rings (SSSR count). The van der Waals surface area contributed by atoms with E-state index in [1.165, 1.54) is 31.4 Å². The molecule has 3 nitrogen and oxygen atoms in total. The zero-order valence-corrected chi connectivity index (χ0v) is 14.5. The number of nitrogens with zero attached hydrogens (tertiary/aromatic N) is 1. The summed E-state index contributed by atoms with van der Waals surface area (Å²) < 4.78 is 0. The van der Waals surface area contributed by atoms with Crippen molar-refractivity contribution in [2.24, 2.45) is 5.92 Å². The molecule has 1 aromatic rings. The van der Waals surface area contributed by atoms with Gasteiger partial charge >= 0.3 is 0 Å². The van der Waals surface area contributed by atoms with Gasteiger partial charge in [-0.05, 0) is 43.0 Å². The van der Waals surface area contributed by atoms with Crippen molar-refractivity contribution in [3.8, 4) is 0 Å². The van der Waals surface area contributed by atoms with E-state index in [-0.39, 0.29) is 16.7 Å². The van der Waals surface area contributed by atoms with Crippen LogP contribution in [0.1, 0.15) is 39.5 Å². The SMILES string of the molecule is CC(C)C(Br)C(=O)Nc1ccc(N2CCCCCC2)cc1. The number of anilines is 2. The van der Waals surface area contributed by atoms with Gasteiger partial charge in [-0.25, -0.2) is 0 Å². The summed E-state index contributed by atoms with van der Waals surface area (Å²) in [7, 11) is 0. The standard InChI is InChI=1S/C17H25BrN2O/c1-13(2)16(18)17(21)19-14-7-9-15(10-8-14)20-11-5-3-4-6-12-20/h7-10,13,16H,3-6,11-12H2,1-2H3,(H,19,21). The van der Waals surface area contributed by atoms with Crippen molar-refractivity contribution in [2.75, 3.05) is 23.3 Å². The Labute approximate surface area is 136 Å². The van der Waals surface area contributed by atoms with E-state index >= 15 is 0 Å². The first-order valence-electron chi connectivity index (χ1n) is 7.88. The third kappa shape index (κ3) is 4.73. The van der Waals surface area contributed by atoms with Crippen molar-refractivity contribution in [1.82, 2.24) is 0 Å². The summed E-state index contributed by atoms with van der Waals surface area (Å²) in [6.45, 7) is 6.34. The molecule has 1 aliphatic heterocycles. The Morgan fingerprint density at radius 1 is 1.10 bits per heavy atom. The number of carbonyl (C=O) groups is 1. The van der Waals surface area contributed by atoms with E-state index < -0.39 is 0 Å². The first-order valence-corrected chi connectivity index (χ1v) is 8.79. The summed E-state index contributed by atoms with van der Waals surface area (Å²) in [5, 5.41) is 2.96. The van der Waals surface area contributed by atoms with Gasteiger partial charge in [0, 0.05) is 24.5 Å². The zero-order valence-electron chi connectivity index (χ0n) is 12.9. The summed E-state index contributed by atoms with van der Waals surface area (Å²) in [5.41, 5.74) is 2.12. The van der Waals surface area contributed by atoms with Gasteiger partial charge in [-0.1, -0.05) is 42.6 Å². The van der Waals surface area contributed by atoms with Gasteiger partial charge < -0.3 is 10.2 Å². The van der Waals surface area contributed by atoms with E-state index in [2.05, 4.69) is 38.3 Å². The highest BCUT2D eigenvalue weighted by Crippen LogP contribution is 2.22. The second-order valence-corrected chi connectivity index (χ2v) is 7.07. The lowest BCUT2D eigenvalue weighted by atomic mass is 10.1. The van der Waals surface area contributed by atoms with E-state index in [0.29, 0.717) is 0 Å². The number of rotatable bonds is 4. The molecule has 0 spiro atoms. The average Bonchev–Trinajstić information content (AvgIpc) is 2.76. The molecule has 1 N–H and O–H groups in total. The van der Waals surface area contributed by atoms with Crippen LogP contribution in [-0.4, -0.2) is 23.8 Å². The molecule has 116 valence electrons. The van der Waals surface area contributed by atoms with Crippen LogP contribution >= 0.6 is 15.9 Å². The van der Waals surface area contributed by atoms with Crippen molar-refractivity contribution in [3.63, 3.8) is 0 Å². The molecule has 1 unspecified atom stereocenters. The molecule has 21 heavy (non-hydrogen) atoms. The molecule has 1 amide bonds. The fourth-order valence-electron chi connectivity index (χ4n) is 2.60. The van der Waals surface area contributed by atoms with Crippen molar-refractivity contribution < 1.29 is 4.79 Å². The maximum Gasteiger partial charge on any atom is 0.238 e. The maximum atomic E-state index is 12.0. The maximum absolute atomic E-state index is 12.0. The van der Waals surface area contributed by atoms with Crippen LogP contribution in [0.15, 0.2) is 24.3 Å². The van der Waals surface area contributed by atoms with Crippen LogP contribution in [0.4, 0.5) is 11.4 Å². The van der Waals surface area contributed by atoms with E-state index in [1.807, 2.05) is 26.0 Å². The van der Waals surface area contributed by atoms with Gasteiger partial charge in [-0.15, -0.1) is 0 Å². The van der Waals surface area contributed by atoms with Crippen LogP contribution in [0.2, 0.25) is 0 Å². The molecule has 1 fully saturated rings. The lowest BCUT2D eigenvalue weighted by Crippen LogP contribution is -2.27. The topological polar surface area (TPSA) is 32.3 Å². The Balaban J connectivity index is 1.96. The largest absolute Gasteiger partial charge is 0.372 e. The van der Waals surface area contributed by atoms with Gasteiger partial charge in [-0.2, -0.15) is 0 Å². The van der Waals surface area contributed by atoms with E-state index in [0.717, 1.165) is 18.8 Å². The second kappa shape index (κ2) is 7.83. The van der Waals surface area contributed by atoms with Gasteiger partial charge in [0.05, 0.1) is 4.83 Å². The molecule has 1 aliphatic rings. The van der Waals surface area contributed by atoms with E-state index in [9.17, 15) is 4.79 Å². The molecule has 0 aliphatic carbocycles. The van der Waals surface area contributed by atoms with Gasteiger partial charge in [-0.3, -0.25) is 4.79 Å². The molecule has 1 aromatic carbocycles. The summed E-state index contributed by atoms with van der Waals surface area (Å²) in [5.74, 6) is 0.300. The minimum Gasteiger partial charge on any atom is -0.372 e. The highest BCUT2D eigenvalue weighted by Gasteiger charge is 2.18. The third-order valence-electron chi connectivity index (χ3n) is 3.94. The van der Waals surface area contributed by atoms with E-state index in [4.69, 9.17) is 0 Å². The number of benzene rings is 1. The van der Waals surface area contributed by atoms with Crippen molar-refractivity contribution in [3.05, 3.63) is 24.3 Å².